The molecule has 2 amide bonds. The van der Waals surface area contributed by atoms with Gasteiger partial charge in [-0.15, -0.1) is 0 Å². The Morgan fingerprint density at radius 1 is 1.33 bits per heavy atom. The number of anilines is 2. The fourth-order valence-corrected chi connectivity index (χ4v) is 4.04. The van der Waals surface area contributed by atoms with Gasteiger partial charge >= 0.3 is 0 Å². The molecular weight excluding hydrogens is 464 g/mol. The van der Waals surface area contributed by atoms with E-state index in [1.54, 1.807) is 43.5 Å². The molecule has 2 aliphatic rings. The first kappa shape index (κ1) is 25.6. The van der Waals surface area contributed by atoms with Crippen LogP contribution in [0.4, 0.5) is 11.4 Å². The zero-order chi connectivity index (χ0) is 25.9. The van der Waals surface area contributed by atoms with Crippen molar-refractivity contribution in [3.05, 3.63) is 53.6 Å². The number of hydrogen-bond acceptors (Lipinski definition) is 8. The molecule has 1 fully saturated rings. The number of hydrogen-bond donors (Lipinski definition) is 3. The summed E-state index contributed by atoms with van der Waals surface area (Å²) in [7, 11) is 1.65. The number of aliphatic imine (C=N–C) groups is 1. The van der Waals surface area contributed by atoms with Crippen molar-refractivity contribution in [2.24, 2.45) is 10.7 Å². The van der Waals surface area contributed by atoms with Gasteiger partial charge < -0.3 is 35.3 Å². The topological polar surface area (TPSA) is 136 Å². The minimum Gasteiger partial charge on any atom is -0.491 e. The van der Waals surface area contributed by atoms with Crippen LogP contribution in [0.2, 0.25) is 0 Å². The van der Waals surface area contributed by atoms with Gasteiger partial charge in [0, 0.05) is 31.3 Å². The van der Waals surface area contributed by atoms with Crippen LogP contribution in [0.15, 0.2) is 47.5 Å². The third-order valence-corrected chi connectivity index (χ3v) is 6.42. The molecule has 2 aliphatic heterocycles. The lowest BCUT2D eigenvalue weighted by atomic mass is 10.1. The van der Waals surface area contributed by atoms with Crippen molar-refractivity contribution in [1.29, 1.82) is 0 Å². The summed E-state index contributed by atoms with van der Waals surface area (Å²) >= 11 is 0. The van der Waals surface area contributed by atoms with E-state index in [4.69, 9.17) is 19.9 Å². The number of aliphatic hydroxyl groups is 1. The number of nitrogens with two attached hydrogens (primary N) is 1. The van der Waals surface area contributed by atoms with Crippen LogP contribution in [-0.4, -0.2) is 67.4 Å². The van der Waals surface area contributed by atoms with Crippen LogP contribution >= 0.6 is 0 Å². The molecule has 0 aromatic heterocycles. The van der Waals surface area contributed by atoms with E-state index in [0.717, 1.165) is 11.1 Å². The van der Waals surface area contributed by atoms with Crippen LogP contribution in [0.5, 0.6) is 5.75 Å². The van der Waals surface area contributed by atoms with Crippen LogP contribution in [0.3, 0.4) is 0 Å². The number of aliphatic hydroxyl groups excluding tert-OH is 1. The number of amidine groups is 1. The maximum absolute atomic E-state index is 13.3. The molecule has 2 atom stereocenters. The van der Waals surface area contributed by atoms with E-state index in [2.05, 4.69) is 10.3 Å². The minimum atomic E-state index is -1.70. The average Bonchev–Trinajstić information content (AvgIpc) is 3.24. The highest BCUT2D eigenvalue weighted by molar-refractivity contribution is 6.05. The van der Waals surface area contributed by atoms with Crippen molar-refractivity contribution < 1.29 is 28.9 Å². The monoisotopic (exact) mass is 496 g/mol. The maximum atomic E-state index is 13.3. The molecule has 36 heavy (non-hydrogen) atoms. The second kappa shape index (κ2) is 10.7. The van der Waals surface area contributed by atoms with E-state index in [9.17, 15) is 14.7 Å². The maximum Gasteiger partial charge on any atom is 0.259 e. The Bertz CT molecular complexity index is 1160. The molecule has 1 saturated heterocycles. The lowest BCUT2D eigenvalue weighted by Gasteiger charge is -2.35. The molecule has 2 aromatic carbocycles. The molecule has 1 unspecified atom stereocenters. The predicted molar refractivity (Wildman–Crippen MR) is 135 cm³/mol. The van der Waals surface area contributed by atoms with Gasteiger partial charge in [-0.25, -0.2) is 0 Å². The second-order valence-corrected chi connectivity index (χ2v) is 9.32. The average molecular weight is 497 g/mol. The number of carbonyl (C=O) groups excluding carboxylic acids is 2. The third-order valence-electron chi connectivity index (χ3n) is 6.42. The van der Waals surface area contributed by atoms with Crippen LogP contribution < -0.4 is 20.7 Å². The molecule has 0 saturated carbocycles. The first-order valence-corrected chi connectivity index (χ1v) is 11.8. The highest BCUT2D eigenvalue weighted by Crippen LogP contribution is 2.31. The number of methoxy groups -OCH3 is 1. The molecule has 2 heterocycles. The number of benzene rings is 2. The highest BCUT2D eigenvalue weighted by Gasteiger charge is 2.40. The van der Waals surface area contributed by atoms with Gasteiger partial charge in [0.05, 0.1) is 31.0 Å². The first-order chi connectivity index (χ1) is 17.2. The Kier molecular flexibility index (Phi) is 7.58. The summed E-state index contributed by atoms with van der Waals surface area (Å²) in [5.41, 5.74) is 8.21. The zero-order valence-corrected chi connectivity index (χ0v) is 20.7. The van der Waals surface area contributed by atoms with Crippen molar-refractivity contribution in [3.8, 4) is 5.75 Å². The molecule has 0 aliphatic carbocycles. The summed E-state index contributed by atoms with van der Waals surface area (Å²) in [6.45, 7) is 5.17. The quantitative estimate of drug-likeness (QED) is 0.482. The lowest BCUT2D eigenvalue weighted by Crippen LogP contribution is -2.55. The van der Waals surface area contributed by atoms with Gasteiger partial charge in [-0.1, -0.05) is 12.1 Å². The van der Waals surface area contributed by atoms with Crippen LogP contribution in [0.1, 0.15) is 31.4 Å². The van der Waals surface area contributed by atoms with Crippen molar-refractivity contribution >= 4 is 29.0 Å². The van der Waals surface area contributed by atoms with E-state index in [1.165, 1.54) is 4.90 Å². The Hall–Kier alpha value is -3.47. The SMILES string of the molecule is COC(C)(C)CCOc1ccccc1N1CCOC([C@@H](O)C(=O)Nc2ccc3c(c2)CN=C3N)C1=O. The Morgan fingerprint density at radius 2 is 2.11 bits per heavy atom. The van der Waals surface area contributed by atoms with E-state index in [0.29, 0.717) is 42.5 Å². The predicted octanol–water partition coefficient (Wildman–Crippen LogP) is 1.83. The molecule has 0 radical (unpaired) electrons. The fraction of sp³-hybridized carbons (Fsp3) is 0.423. The molecule has 0 bridgehead atoms. The minimum absolute atomic E-state index is 0.154. The summed E-state index contributed by atoms with van der Waals surface area (Å²) in [4.78, 5) is 31.7. The van der Waals surface area contributed by atoms with Gasteiger partial charge in [0.15, 0.2) is 12.2 Å². The Morgan fingerprint density at radius 3 is 2.89 bits per heavy atom. The summed E-state index contributed by atoms with van der Waals surface area (Å²) in [6, 6.07) is 12.3. The smallest absolute Gasteiger partial charge is 0.259 e. The van der Waals surface area contributed by atoms with Crippen molar-refractivity contribution in [3.63, 3.8) is 0 Å². The Labute approximate surface area is 210 Å². The van der Waals surface area contributed by atoms with E-state index in [-0.39, 0.29) is 18.8 Å². The largest absolute Gasteiger partial charge is 0.491 e. The van der Waals surface area contributed by atoms with Crippen molar-refractivity contribution in [1.82, 2.24) is 0 Å². The number of amides is 2. The fourth-order valence-electron chi connectivity index (χ4n) is 4.04. The number of nitrogens with zero attached hydrogens (tertiary/aromatic N) is 2. The van der Waals surface area contributed by atoms with Gasteiger partial charge in [-0.2, -0.15) is 0 Å². The molecule has 192 valence electrons. The van der Waals surface area contributed by atoms with E-state index in [1.807, 2.05) is 19.9 Å². The molecule has 10 heteroatoms. The number of nitrogens with one attached hydrogen (secondary N) is 1. The number of para-hydroxylation sites is 2. The highest BCUT2D eigenvalue weighted by atomic mass is 16.5. The summed E-state index contributed by atoms with van der Waals surface area (Å²) in [6.07, 6.45) is -2.41. The number of ether oxygens (including phenoxy) is 3. The Balaban J connectivity index is 1.43. The van der Waals surface area contributed by atoms with E-state index >= 15 is 0 Å². The van der Waals surface area contributed by atoms with Crippen LogP contribution in [-0.2, 0) is 25.6 Å². The van der Waals surface area contributed by atoms with Crippen LogP contribution in [0.25, 0.3) is 0 Å². The number of fused-ring (bicyclic) bond motifs is 1. The summed E-state index contributed by atoms with van der Waals surface area (Å²) in [5, 5.41) is 13.4. The van der Waals surface area contributed by atoms with Crippen molar-refractivity contribution in [2.75, 3.05) is 37.1 Å². The standard InChI is InChI=1S/C26H32N4O6/c1-26(2,34-3)10-12-35-20-7-5-4-6-19(20)30-11-13-36-22(25(30)33)21(31)24(32)29-17-8-9-18-16(14-17)15-28-23(18)27/h4-9,14,21-22,31H,10-13,15H2,1-3H3,(H2,27,28)(H,29,32)/t21-,22?/m1/s1. The third kappa shape index (κ3) is 5.51. The van der Waals surface area contributed by atoms with Crippen molar-refractivity contribution in [2.45, 2.75) is 44.6 Å². The molecule has 10 nitrogen and oxygen atoms in total. The van der Waals surface area contributed by atoms with Gasteiger partial charge in [-0.3, -0.25) is 14.6 Å². The molecule has 4 N–H and O–H groups in total. The number of rotatable bonds is 9. The van der Waals surface area contributed by atoms with Gasteiger partial charge in [0.25, 0.3) is 11.8 Å². The normalized spacial score (nSPS) is 18.4. The molecule has 2 aromatic rings. The second-order valence-electron chi connectivity index (χ2n) is 9.32. The summed E-state index contributed by atoms with van der Waals surface area (Å²) < 4.78 is 16.9. The van der Waals surface area contributed by atoms with Gasteiger partial charge in [-0.05, 0) is 49.7 Å². The molecular formula is C26H32N4O6. The van der Waals surface area contributed by atoms with E-state index < -0.39 is 24.0 Å². The molecule has 0 spiro atoms. The van der Waals surface area contributed by atoms with Crippen LogP contribution in [0, 0.1) is 0 Å². The summed E-state index contributed by atoms with van der Waals surface area (Å²) in [5.74, 6) is -0.284. The zero-order valence-electron chi connectivity index (χ0n) is 20.7. The first-order valence-electron chi connectivity index (χ1n) is 11.8. The lowest BCUT2D eigenvalue weighted by molar-refractivity contribution is -0.150. The van der Waals surface area contributed by atoms with Gasteiger partial charge in [0.1, 0.15) is 11.6 Å². The number of carbonyl (C=O) groups is 2. The molecule has 4 rings (SSSR count). The number of morpholine rings is 1. The van der Waals surface area contributed by atoms with Gasteiger partial charge in [0.2, 0.25) is 0 Å².